The summed E-state index contributed by atoms with van der Waals surface area (Å²) in [7, 11) is 0. The first-order chi connectivity index (χ1) is 31.1. The zero-order valence-electron chi connectivity index (χ0n) is 36.5. The van der Waals surface area contributed by atoms with Gasteiger partial charge in [0, 0.05) is 18.5 Å². The first-order valence-corrected chi connectivity index (χ1v) is 22.0. The number of unbranched alkanes of at least 4 members (excludes halogenated alkanes) is 4. The number of aromatic nitrogens is 2. The Kier molecular flexibility index (Phi) is 19.2. The molecule has 5 rings (SSSR count). The lowest BCUT2D eigenvalue weighted by molar-refractivity contribution is -0.346. The molecule has 3 fully saturated rings. The van der Waals surface area contributed by atoms with Crippen molar-refractivity contribution in [1.29, 1.82) is 0 Å². The molecule has 3 aliphatic rings. The van der Waals surface area contributed by atoms with Crippen LogP contribution in [0.4, 0.5) is 0 Å². The summed E-state index contributed by atoms with van der Waals surface area (Å²) in [6, 6.07) is 6.29. The van der Waals surface area contributed by atoms with Gasteiger partial charge in [-0.25, -0.2) is 9.59 Å². The third-order valence-corrected chi connectivity index (χ3v) is 11.6. The van der Waals surface area contributed by atoms with Gasteiger partial charge in [-0.15, -0.1) is 0 Å². The van der Waals surface area contributed by atoms with E-state index in [0.29, 0.717) is 19.3 Å². The van der Waals surface area contributed by atoms with Crippen molar-refractivity contribution in [3.8, 4) is 11.9 Å². The number of nitrogens with one attached hydrogen (secondary N) is 2. The Labute approximate surface area is 375 Å². The fourth-order valence-electron chi connectivity index (χ4n) is 8.08. The maximum absolute atomic E-state index is 13.8. The fourth-order valence-corrected chi connectivity index (χ4v) is 8.08. The van der Waals surface area contributed by atoms with Crippen molar-refractivity contribution in [2.75, 3.05) is 13.2 Å². The molecule has 0 bridgehead atoms. The van der Waals surface area contributed by atoms with Crippen LogP contribution in [0.25, 0.3) is 0 Å². The second-order valence-electron chi connectivity index (χ2n) is 16.5. The molecule has 65 heavy (non-hydrogen) atoms. The van der Waals surface area contributed by atoms with Gasteiger partial charge in [-0.1, -0.05) is 64.2 Å². The number of aliphatic hydroxyl groups excluding tert-OH is 5. The number of ether oxygens (including phenoxy) is 6. The Morgan fingerprint density at radius 3 is 2.22 bits per heavy atom. The average molecular weight is 923 g/mol. The molecule has 0 spiro atoms. The molecule has 2 aliphatic heterocycles. The molecule has 15 atom stereocenters. The lowest BCUT2D eigenvalue weighted by Gasteiger charge is -2.48. The van der Waals surface area contributed by atoms with Crippen molar-refractivity contribution in [3.63, 3.8) is 0 Å². The molecule has 2 aromatic rings. The molecule has 10 N–H and O–H groups in total. The minimum Gasteiger partial charge on any atom is -0.493 e. The quantitative estimate of drug-likeness (QED) is 0.0583. The minimum absolute atomic E-state index is 0.0107. The van der Waals surface area contributed by atoms with Crippen LogP contribution in [-0.2, 0) is 38.0 Å². The van der Waals surface area contributed by atoms with Crippen molar-refractivity contribution in [2.45, 2.75) is 164 Å². The number of carbonyl (C=O) groups excluding carboxylic acids is 3. The van der Waals surface area contributed by atoms with Crippen molar-refractivity contribution in [2.24, 2.45) is 5.92 Å². The maximum atomic E-state index is 13.8. The predicted molar refractivity (Wildman–Crippen MR) is 222 cm³/mol. The zero-order valence-corrected chi connectivity index (χ0v) is 36.5. The van der Waals surface area contributed by atoms with Gasteiger partial charge in [0.15, 0.2) is 24.8 Å². The molecule has 362 valence electrons. The molecular formula is C43H62N4O18. The molecule has 1 aromatic heterocycles. The van der Waals surface area contributed by atoms with Crippen LogP contribution in [0.1, 0.15) is 99.4 Å². The number of carboxylic acids is 1. The van der Waals surface area contributed by atoms with E-state index in [0.717, 1.165) is 25.3 Å². The van der Waals surface area contributed by atoms with E-state index in [9.17, 15) is 60.0 Å². The van der Waals surface area contributed by atoms with Gasteiger partial charge in [0.2, 0.25) is 11.8 Å². The van der Waals surface area contributed by atoms with E-state index in [-0.39, 0.29) is 31.4 Å². The van der Waals surface area contributed by atoms with E-state index < -0.39 is 140 Å². The topological polar surface area (TPSA) is 335 Å². The molecule has 1 aliphatic carbocycles. The van der Waals surface area contributed by atoms with Crippen LogP contribution in [-0.4, -0.2) is 173 Å². The van der Waals surface area contributed by atoms with E-state index in [4.69, 9.17) is 28.4 Å². The molecule has 2 saturated heterocycles. The summed E-state index contributed by atoms with van der Waals surface area (Å²) >= 11 is 0. The van der Waals surface area contributed by atoms with E-state index in [1.165, 1.54) is 19.1 Å². The van der Waals surface area contributed by atoms with Crippen molar-refractivity contribution in [1.82, 2.24) is 20.6 Å². The summed E-state index contributed by atoms with van der Waals surface area (Å²) in [4.78, 5) is 61.0. The zero-order chi connectivity index (χ0) is 47.4. The third-order valence-electron chi connectivity index (χ3n) is 11.6. The standard InChI is InChI=1S/C43H62N4O18/c1-4-6-7-8-12-15-26(39(56)57)61-35-31(51)28(20-48)63-42(36(35)64-40(58)22-13-10-9-11-14-22)62-27-18-23(37(54)44-16-5-2)17-24(45-38(55)25-19-29(49)47-43(59)46-25)34(27)65-41-33(53)32(52)30(50)21(3)60-41/h9-11,13-14,19,21,23-24,26-28,30-36,41-42,48,50-53H,4-8,12,15-18,20H2,1-3H3,(H,44,54)(H,45,55)(H,56,57)(H2,46,47,49,59)/t21?,23?,24?,26-,27?,28?,30?,31?,32?,33?,34?,35?,36?,41?,42?/m0/s1. The highest BCUT2D eigenvalue weighted by Gasteiger charge is 2.54. The molecular weight excluding hydrogens is 860 g/mol. The van der Waals surface area contributed by atoms with Crippen LogP contribution < -0.4 is 10.6 Å². The van der Waals surface area contributed by atoms with E-state index in [1.54, 1.807) is 18.2 Å². The van der Waals surface area contributed by atoms with Gasteiger partial charge < -0.3 is 79.9 Å². The maximum Gasteiger partial charge on any atom is 0.338 e. The lowest BCUT2D eigenvalue weighted by atomic mass is 9.80. The summed E-state index contributed by atoms with van der Waals surface area (Å²) in [6.07, 6.45) is -17.2. The van der Waals surface area contributed by atoms with Crippen molar-refractivity contribution >= 4 is 23.8 Å². The highest BCUT2D eigenvalue weighted by Crippen LogP contribution is 2.37. The smallest absolute Gasteiger partial charge is 0.338 e. The number of carbonyl (C=O) groups is 4. The second kappa shape index (κ2) is 24.2. The molecule has 1 saturated carbocycles. The first-order valence-electron chi connectivity index (χ1n) is 22.0. The van der Waals surface area contributed by atoms with Crippen molar-refractivity contribution < 1.29 is 88.5 Å². The number of aromatic hydroxyl groups is 2. The van der Waals surface area contributed by atoms with Gasteiger partial charge in [-0.3, -0.25) is 9.59 Å². The number of hydrogen-bond donors (Lipinski definition) is 10. The van der Waals surface area contributed by atoms with Gasteiger partial charge in [0.05, 0.1) is 30.4 Å². The van der Waals surface area contributed by atoms with Gasteiger partial charge in [-0.2, -0.15) is 9.97 Å². The van der Waals surface area contributed by atoms with Crippen LogP contribution in [0.2, 0.25) is 0 Å². The van der Waals surface area contributed by atoms with Crippen LogP contribution in [0.3, 0.4) is 0 Å². The number of benzene rings is 1. The Morgan fingerprint density at radius 2 is 1.55 bits per heavy atom. The summed E-state index contributed by atoms with van der Waals surface area (Å²) in [6.45, 7) is 4.67. The normalized spacial score (nSPS) is 31.9. The van der Waals surface area contributed by atoms with Crippen LogP contribution in [0, 0.1) is 5.92 Å². The number of nitrogens with zero attached hydrogens (tertiary/aromatic N) is 2. The van der Waals surface area contributed by atoms with Gasteiger partial charge in [0.1, 0.15) is 48.4 Å². The SMILES string of the molecule is CCCCCCC[C@H](OC1C(O)C(CO)OC(OC2CC(C(=O)NCCC)CC(NC(=O)c3cc(O)nc(O)n3)C2OC2OC(C)C(O)C(O)C2O)C1OC(=O)c1ccccc1)C(=O)O. The van der Waals surface area contributed by atoms with Gasteiger partial charge in [-0.05, 0) is 44.7 Å². The van der Waals surface area contributed by atoms with Crippen LogP contribution in [0.5, 0.6) is 11.9 Å². The number of aliphatic carboxylic acids is 1. The monoisotopic (exact) mass is 922 g/mol. The van der Waals surface area contributed by atoms with Gasteiger partial charge in [0.25, 0.3) is 5.91 Å². The van der Waals surface area contributed by atoms with E-state index in [2.05, 4.69) is 20.6 Å². The Bertz CT molecular complexity index is 1840. The highest BCUT2D eigenvalue weighted by atomic mass is 16.7. The van der Waals surface area contributed by atoms with Crippen LogP contribution >= 0.6 is 0 Å². The number of aliphatic hydroxyl groups is 5. The molecule has 14 unspecified atom stereocenters. The van der Waals surface area contributed by atoms with E-state index >= 15 is 0 Å². The van der Waals surface area contributed by atoms with E-state index in [1.807, 2.05) is 13.8 Å². The molecule has 1 aromatic carbocycles. The molecule has 2 amide bonds. The van der Waals surface area contributed by atoms with Crippen molar-refractivity contribution in [3.05, 3.63) is 47.7 Å². The fraction of sp³-hybridized carbons (Fsp3) is 0.674. The number of amides is 2. The number of hydrogen-bond acceptors (Lipinski definition) is 19. The first kappa shape index (κ1) is 51.4. The predicted octanol–water partition coefficient (Wildman–Crippen LogP) is 0.0229. The summed E-state index contributed by atoms with van der Waals surface area (Å²) in [5, 5.41) is 90.2. The number of rotatable bonds is 21. The third kappa shape index (κ3) is 13.5. The Morgan fingerprint density at radius 1 is 0.831 bits per heavy atom. The summed E-state index contributed by atoms with van der Waals surface area (Å²) in [5.74, 6) is -5.56. The molecule has 0 radical (unpaired) electrons. The number of carboxylic acid groups (broad SMARTS) is 1. The lowest BCUT2D eigenvalue weighted by Crippen LogP contribution is -2.65. The highest BCUT2D eigenvalue weighted by molar-refractivity contribution is 5.93. The Balaban J connectivity index is 1.58. The molecule has 22 nitrogen and oxygen atoms in total. The Hall–Kier alpha value is -4.62. The number of esters is 1. The second-order valence-corrected chi connectivity index (χ2v) is 16.5. The minimum atomic E-state index is -1.88. The largest absolute Gasteiger partial charge is 0.493 e. The van der Waals surface area contributed by atoms with Crippen LogP contribution in [0.15, 0.2) is 36.4 Å². The summed E-state index contributed by atoms with van der Waals surface area (Å²) < 4.78 is 36.9. The molecule has 3 heterocycles. The summed E-state index contributed by atoms with van der Waals surface area (Å²) in [5.41, 5.74) is -0.463. The molecule has 22 heteroatoms. The van der Waals surface area contributed by atoms with Gasteiger partial charge >= 0.3 is 17.9 Å². The average Bonchev–Trinajstić information content (AvgIpc) is 3.28.